The Morgan fingerprint density at radius 1 is 0.491 bits per heavy atom. The molecular formula is C45H89NO6S. The molecule has 0 bridgehead atoms. The molecule has 0 aliphatic carbocycles. The number of carbonyl (C=O) groups is 1. The molecule has 8 heteroatoms. The van der Waals surface area contributed by atoms with Crippen molar-refractivity contribution in [3.63, 3.8) is 0 Å². The summed E-state index contributed by atoms with van der Waals surface area (Å²) in [5.74, 6) is -1.46. The number of carbonyl (C=O) groups excluding carboxylic acids is 1. The van der Waals surface area contributed by atoms with Gasteiger partial charge in [0.1, 0.15) is 6.10 Å². The van der Waals surface area contributed by atoms with Crippen molar-refractivity contribution in [2.45, 2.75) is 263 Å². The van der Waals surface area contributed by atoms with Gasteiger partial charge in [0.15, 0.2) is 0 Å². The lowest BCUT2D eigenvalue weighted by atomic mass is 10.0. The van der Waals surface area contributed by atoms with Crippen LogP contribution in [-0.2, 0) is 14.9 Å². The zero-order valence-corrected chi connectivity index (χ0v) is 35.8. The summed E-state index contributed by atoms with van der Waals surface area (Å²) in [6.07, 6.45) is 45.2. The van der Waals surface area contributed by atoms with E-state index in [1.165, 1.54) is 154 Å². The van der Waals surface area contributed by atoms with Gasteiger partial charge in [0.25, 0.3) is 10.1 Å². The number of unbranched alkanes of at least 4 members (excludes halogenated alkanes) is 31. The van der Waals surface area contributed by atoms with Crippen LogP contribution in [0, 0.1) is 0 Å². The van der Waals surface area contributed by atoms with Crippen LogP contribution in [0.2, 0.25) is 0 Å². The molecule has 0 radical (unpaired) electrons. The van der Waals surface area contributed by atoms with Gasteiger partial charge >= 0.3 is 0 Å². The highest BCUT2D eigenvalue weighted by atomic mass is 32.2. The fraction of sp³-hybridized carbons (Fsp3) is 0.933. The molecule has 0 spiro atoms. The summed E-state index contributed by atoms with van der Waals surface area (Å²) in [6, 6.07) is -1.15. The molecule has 3 atom stereocenters. The van der Waals surface area contributed by atoms with Crippen LogP contribution < -0.4 is 5.32 Å². The van der Waals surface area contributed by atoms with Crippen molar-refractivity contribution < 1.29 is 28.0 Å². The summed E-state index contributed by atoms with van der Waals surface area (Å²) in [7, 11) is -4.41. The van der Waals surface area contributed by atoms with E-state index in [4.69, 9.17) is 0 Å². The maximum absolute atomic E-state index is 12.6. The Hall–Kier alpha value is -0.960. The molecule has 53 heavy (non-hydrogen) atoms. The van der Waals surface area contributed by atoms with E-state index in [0.717, 1.165) is 57.8 Å². The monoisotopic (exact) mass is 772 g/mol. The van der Waals surface area contributed by atoms with Crippen LogP contribution >= 0.6 is 0 Å². The van der Waals surface area contributed by atoms with Crippen molar-refractivity contribution in [2.75, 3.05) is 5.75 Å². The van der Waals surface area contributed by atoms with Gasteiger partial charge in [-0.25, -0.2) is 0 Å². The number of nitrogens with one attached hydrogen (secondary N) is 1. The molecule has 1 amide bonds. The summed E-state index contributed by atoms with van der Waals surface area (Å²) in [6.45, 7) is 4.53. The van der Waals surface area contributed by atoms with Crippen LogP contribution in [0.1, 0.15) is 245 Å². The Morgan fingerprint density at radius 2 is 0.792 bits per heavy atom. The summed E-state index contributed by atoms with van der Waals surface area (Å²) < 4.78 is 32.7. The highest BCUT2D eigenvalue weighted by Gasteiger charge is 2.28. The van der Waals surface area contributed by atoms with Crippen LogP contribution in [0.3, 0.4) is 0 Å². The van der Waals surface area contributed by atoms with E-state index in [1.54, 1.807) is 0 Å². The summed E-state index contributed by atoms with van der Waals surface area (Å²) in [5.41, 5.74) is 0. The highest BCUT2D eigenvalue weighted by Crippen LogP contribution is 2.17. The predicted octanol–water partition coefficient (Wildman–Crippen LogP) is 12.7. The summed E-state index contributed by atoms with van der Waals surface area (Å²) >= 11 is 0. The lowest BCUT2D eigenvalue weighted by molar-refractivity contribution is -0.131. The minimum absolute atomic E-state index is 0.286. The van der Waals surface area contributed by atoms with E-state index in [1.807, 2.05) is 0 Å². The van der Waals surface area contributed by atoms with E-state index < -0.39 is 40.0 Å². The van der Waals surface area contributed by atoms with E-state index in [2.05, 4.69) is 31.3 Å². The molecule has 0 heterocycles. The van der Waals surface area contributed by atoms with Crippen molar-refractivity contribution in [2.24, 2.45) is 0 Å². The largest absolute Gasteiger partial charge is 0.391 e. The number of allylic oxidation sites excluding steroid dienone is 2. The van der Waals surface area contributed by atoms with Crippen molar-refractivity contribution in [1.29, 1.82) is 0 Å². The number of rotatable bonds is 42. The number of hydrogen-bond acceptors (Lipinski definition) is 5. The van der Waals surface area contributed by atoms with Gasteiger partial charge < -0.3 is 15.5 Å². The molecule has 316 valence electrons. The smallest absolute Gasteiger partial charge is 0.266 e. The first-order chi connectivity index (χ1) is 25.7. The summed E-state index contributed by atoms with van der Waals surface area (Å²) in [5, 5.41) is 23.6. The third-order valence-corrected chi connectivity index (χ3v) is 11.6. The van der Waals surface area contributed by atoms with E-state index >= 15 is 0 Å². The van der Waals surface area contributed by atoms with Crippen LogP contribution in [0.5, 0.6) is 0 Å². The Bertz CT molecular complexity index is 911. The Kier molecular flexibility index (Phi) is 38.6. The van der Waals surface area contributed by atoms with Crippen molar-refractivity contribution in [1.82, 2.24) is 5.32 Å². The highest BCUT2D eigenvalue weighted by molar-refractivity contribution is 7.85. The molecule has 0 aliphatic heterocycles. The normalized spacial score (nSPS) is 13.8. The number of hydrogen-bond donors (Lipinski definition) is 4. The van der Waals surface area contributed by atoms with Crippen molar-refractivity contribution in [3.05, 3.63) is 12.2 Å². The van der Waals surface area contributed by atoms with Crippen LogP contribution in [-0.4, -0.2) is 53.1 Å². The second kappa shape index (κ2) is 39.3. The number of amides is 1. The van der Waals surface area contributed by atoms with Gasteiger partial charge in [0.05, 0.1) is 17.9 Å². The summed E-state index contributed by atoms with van der Waals surface area (Å²) in [4.78, 5) is 12.6. The molecule has 0 saturated carbocycles. The van der Waals surface area contributed by atoms with Gasteiger partial charge in [-0.2, -0.15) is 8.42 Å². The average Bonchev–Trinajstić information content (AvgIpc) is 3.12. The van der Waals surface area contributed by atoms with Gasteiger partial charge in [-0.1, -0.05) is 219 Å². The molecule has 0 saturated heterocycles. The Balaban J connectivity index is 3.92. The van der Waals surface area contributed by atoms with Crippen LogP contribution in [0.15, 0.2) is 12.2 Å². The van der Waals surface area contributed by atoms with Crippen LogP contribution in [0.25, 0.3) is 0 Å². The minimum Gasteiger partial charge on any atom is -0.391 e. The lowest BCUT2D eigenvalue weighted by Crippen LogP contribution is -2.50. The fourth-order valence-corrected chi connectivity index (χ4v) is 8.04. The Morgan fingerprint density at radius 3 is 1.13 bits per heavy atom. The molecule has 4 N–H and O–H groups in total. The van der Waals surface area contributed by atoms with Gasteiger partial charge in [-0.3, -0.25) is 9.35 Å². The topological polar surface area (TPSA) is 124 Å². The van der Waals surface area contributed by atoms with Gasteiger partial charge in [0, 0.05) is 0 Å². The van der Waals surface area contributed by atoms with Gasteiger partial charge in [-0.05, 0) is 38.5 Å². The predicted molar refractivity (Wildman–Crippen MR) is 227 cm³/mol. The molecule has 0 aromatic carbocycles. The molecule has 3 unspecified atom stereocenters. The van der Waals surface area contributed by atoms with Crippen LogP contribution in [0.4, 0.5) is 0 Å². The average molecular weight is 772 g/mol. The SMILES string of the molecule is CCCCCCCCCCC/C=C\CCCCCCC(O)C(=O)NC(CS(=O)(=O)O)C(O)CCCCCCCCCCCCCCCCCCCCC. The molecule has 0 aromatic rings. The third-order valence-electron chi connectivity index (χ3n) is 10.8. The van der Waals surface area contributed by atoms with Crippen molar-refractivity contribution >= 4 is 16.0 Å². The second-order valence-corrected chi connectivity index (χ2v) is 17.7. The first-order valence-electron chi connectivity index (χ1n) is 23.0. The third kappa shape index (κ3) is 39.1. The van der Waals surface area contributed by atoms with E-state index in [9.17, 15) is 28.0 Å². The quantitative estimate of drug-likeness (QED) is 0.0278. The first-order valence-corrected chi connectivity index (χ1v) is 24.6. The molecule has 0 fully saturated rings. The van der Waals surface area contributed by atoms with Gasteiger partial charge in [0.2, 0.25) is 5.91 Å². The Labute approximate surface area is 329 Å². The minimum atomic E-state index is -4.41. The van der Waals surface area contributed by atoms with E-state index in [0.29, 0.717) is 12.8 Å². The molecule has 0 aliphatic rings. The standard InChI is InChI=1S/C45H89NO6S/c1-3-5-7-9-11-13-15-17-19-21-22-24-25-27-29-31-33-35-37-39-43(47)42(41-53(50,51)52)46-45(49)44(48)40-38-36-34-32-30-28-26-23-20-18-16-14-12-10-8-6-4-2/h26,28,42-44,47-48H,3-25,27,29-41H2,1-2H3,(H,46,49)(H,50,51,52)/b28-26-. The van der Waals surface area contributed by atoms with Gasteiger partial charge in [-0.15, -0.1) is 0 Å². The maximum atomic E-state index is 12.6. The van der Waals surface area contributed by atoms with E-state index in [-0.39, 0.29) is 6.42 Å². The van der Waals surface area contributed by atoms with Crippen molar-refractivity contribution in [3.8, 4) is 0 Å². The zero-order chi connectivity index (χ0) is 39.1. The molecule has 0 rings (SSSR count). The lowest BCUT2D eigenvalue weighted by Gasteiger charge is -2.24. The second-order valence-electron chi connectivity index (χ2n) is 16.2. The number of aliphatic hydroxyl groups is 2. The molecule has 7 nitrogen and oxygen atoms in total. The zero-order valence-electron chi connectivity index (χ0n) is 35.0. The number of aliphatic hydroxyl groups excluding tert-OH is 2. The molecule has 0 aromatic heterocycles. The maximum Gasteiger partial charge on any atom is 0.266 e. The molecular weight excluding hydrogens is 683 g/mol. The first kappa shape index (κ1) is 52.0. The fourth-order valence-electron chi connectivity index (χ4n) is 7.28.